The Kier molecular flexibility index (Phi) is 7.20. The second-order valence-corrected chi connectivity index (χ2v) is 7.85. The summed E-state index contributed by atoms with van der Waals surface area (Å²) >= 11 is 13.6. The van der Waals surface area contributed by atoms with Crippen LogP contribution in [0.4, 0.5) is 0 Å². The lowest BCUT2D eigenvalue weighted by Crippen LogP contribution is -2.41. The highest BCUT2D eigenvalue weighted by Gasteiger charge is 2.14. The molecule has 2 N–H and O–H groups in total. The van der Waals surface area contributed by atoms with Crippen molar-refractivity contribution in [1.29, 1.82) is 0 Å². The number of ether oxygens (including phenoxy) is 1. The van der Waals surface area contributed by atoms with Gasteiger partial charge in [0.1, 0.15) is 6.33 Å². The summed E-state index contributed by atoms with van der Waals surface area (Å²) in [6.45, 7) is 0. The number of carbonyl (C=O) groups excluding carboxylic acids is 2. The van der Waals surface area contributed by atoms with Crippen molar-refractivity contribution in [3.8, 4) is 5.75 Å². The first-order chi connectivity index (χ1) is 14.4. The molecule has 11 heteroatoms. The zero-order valence-corrected chi connectivity index (χ0v) is 18.3. The predicted molar refractivity (Wildman–Crippen MR) is 115 cm³/mol. The fourth-order valence-corrected chi connectivity index (χ4v) is 3.93. The summed E-state index contributed by atoms with van der Waals surface area (Å²) in [5, 5.41) is 9.03. The maximum absolute atomic E-state index is 12.3. The Bertz CT molecular complexity index is 1050. The average Bonchev–Trinajstić information content (AvgIpc) is 3.15. The van der Waals surface area contributed by atoms with Gasteiger partial charge in [0.05, 0.1) is 17.2 Å². The number of aryl methyl sites for hydroxylation is 1. The SMILES string of the molecule is COc1c(Cl)cc(C(=O)NNC(=O)c2ccc(CSc3nncn3C)cc2)cc1Cl. The van der Waals surface area contributed by atoms with Crippen LogP contribution in [0.3, 0.4) is 0 Å². The monoisotopic (exact) mass is 465 g/mol. The Balaban J connectivity index is 1.55. The molecule has 0 aliphatic carbocycles. The van der Waals surface area contributed by atoms with Crippen LogP contribution >= 0.6 is 35.0 Å². The van der Waals surface area contributed by atoms with Crippen molar-refractivity contribution in [2.75, 3.05) is 7.11 Å². The second kappa shape index (κ2) is 9.84. The number of nitrogens with one attached hydrogen (secondary N) is 2. The summed E-state index contributed by atoms with van der Waals surface area (Å²) in [4.78, 5) is 24.6. The van der Waals surface area contributed by atoms with E-state index >= 15 is 0 Å². The number of nitrogens with zero attached hydrogens (tertiary/aromatic N) is 3. The minimum Gasteiger partial charge on any atom is -0.494 e. The lowest BCUT2D eigenvalue weighted by Gasteiger charge is -2.10. The summed E-state index contributed by atoms with van der Waals surface area (Å²) in [6.07, 6.45) is 1.64. The molecule has 2 aromatic carbocycles. The van der Waals surface area contributed by atoms with Crippen LogP contribution in [-0.4, -0.2) is 33.7 Å². The first kappa shape index (κ1) is 21.9. The number of thioether (sulfide) groups is 1. The number of methoxy groups -OCH3 is 1. The van der Waals surface area contributed by atoms with Crippen molar-refractivity contribution >= 4 is 46.8 Å². The first-order valence-electron chi connectivity index (χ1n) is 8.58. The molecule has 0 aliphatic rings. The molecule has 0 atom stereocenters. The van der Waals surface area contributed by atoms with Gasteiger partial charge in [0, 0.05) is 23.9 Å². The third-order valence-electron chi connectivity index (χ3n) is 4.01. The molecular formula is C19H17Cl2N5O3S. The molecule has 30 heavy (non-hydrogen) atoms. The van der Waals surface area contributed by atoms with E-state index in [0.717, 1.165) is 10.7 Å². The van der Waals surface area contributed by atoms with Crippen molar-refractivity contribution in [3.63, 3.8) is 0 Å². The third-order valence-corrected chi connectivity index (χ3v) is 5.68. The summed E-state index contributed by atoms with van der Waals surface area (Å²) < 4.78 is 6.88. The molecule has 0 fully saturated rings. The highest BCUT2D eigenvalue weighted by molar-refractivity contribution is 7.98. The summed E-state index contributed by atoms with van der Waals surface area (Å²) in [6, 6.07) is 9.82. The Morgan fingerprint density at radius 1 is 1.07 bits per heavy atom. The smallest absolute Gasteiger partial charge is 0.269 e. The number of benzene rings is 2. The van der Waals surface area contributed by atoms with Crippen molar-refractivity contribution in [2.45, 2.75) is 10.9 Å². The van der Waals surface area contributed by atoms with Gasteiger partial charge in [-0.15, -0.1) is 10.2 Å². The highest BCUT2D eigenvalue weighted by atomic mass is 35.5. The molecule has 0 unspecified atom stereocenters. The van der Waals surface area contributed by atoms with E-state index in [1.165, 1.54) is 31.0 Å². The van der Waals surface area contributed by atoms with E-state index < -0.39 is 11.8 Å². The lowest BCUT2D eigenvalue weighted by molar-refractivity contribution is 0.0846. The maximum Gasteiger partial charge on any atom is 0.269 e. The Labute approximate surface area is 186 Å². The minimum absolute atomic E-state index is 0.183. The number of hydrazine groups is 1. The summed E-state index contributed by atoms with van der Waals surface area (Å²) in [5.41, 5.74) is 6.30. The Morgan fingerprint density at radius 3 is 2.20 bits per heavy atom. The van der Waals surface area contributed by atoms with Gasteiger partial charge in [-0.1, -0.05) is 47.1 Å². The van der Waals surface area contributed by atoms with Crippen LogP contribution in [0.5, 0.6) is 5.75 Å². The lowest BCUT2D eigenvalue weighted by atomic mass is 10.1. The topological polar surface area (TPSA) is 98.1 Å². The van der Waals surface area contributed by atoms with E-state index in [1.54, 1.807) is 18.5 Å². The number of carbonyl (C=O) groups is 2. The van der Waals surface area contributed by atoms with Crippen LogP contribution in [0.15, 0.2) is 47.9 Å². The van der Waals surface area contributed by atoms with Crippen LogP contribution < -0.4 is 15.6 Å². The van der Waals surface area contributed by atoms with E-state index in [4.69, 9.17) is 27.9 Å². The third kappa shape index (κ3) is 5.24. The summed E-state index contributed by atoms with van der Waals surface area (Å²) in [5.74, 6) is -0.0612. The summed E-state index contributed by atoms with van der Waals surface area (Å²) in [7, 11) is 3.30. The number of aromatic nitrogens is 3. The van der Waals surface area contributed by atoms with Gasteiger partial charge in [0.25, 0.3) is 11.8 Å². The molecule has 2 amide bonds. The van der Waals surface area contributed by atoms with Crippen molar-refractivity contribution in [3.05, 3.63) is 69.5 Å². The molecule has 1 aromatic heterocycles. The predicted octanol–water partition coefficient (Wildman–Crippen LogP) is 3.50. The van der Waals surface area contributed by atoms with Crippen LogP contribution in [0, 0.1) is 0 Å². The van der Waals surface area contributed by atoms with Gasteiger partial charge in [-0.3, -0.25) is 20.4 Å². The zero-order valence-electron chi connectivity index (χ0n) is 16.0. The van der Waals surface area contributed by atoms with Crippen molar-refractivity contribution in [1.82, 2.24) is 25.6 Å². The molecule has 0 bridgehead atoms. The molecule has 0 saturated heterocycles. The molecule has 0 saturated carbocycles. The standard InChI is InChI=1S/C19H17Cl2N5O3S/c1-26-10-22-25-19(26)30-9-11-3-5-12(6-4-11)17(27)23-24-18(28)13-7-14(20)16(29-2)15(21)8-13/h3-8,10H,9H2,1-2H3,(H,23,27)(H,24,28). The Hall–Kier alpha value is -2.75. The van der Waals surface area contributed by atoms with E-state index in [1.807, 2.05) is 23.7 Å². The van der Waals surface area contributed by atoms with Crippen LogP contribution in [0.25, 0.3) is 0 Å². The number of amides is 2. The van der Waals surface area contributed by atoms with Gasteiger partial charge >= 0.3 is 0 Å². The number of hydrogen-bond acceptors (Lipinski definition) is 6. The molecule has 3 aromatic rings. The molecule has 156 valence electrons. The number of halogens is 2. The van der Waals surface area contributed by atoms with E-state index in [-0.39, 0.29) is 21.4 Å². The van der Waals surface area contributed by atoms with E-state index in [0.29, 0.717) is 11.3 Å². The van der Waals surface area contributed by atoms with Crippen LogP contribution in [-0.2, 0) is 12.8 Å². The maximum atomic E-state index is 12.3. The molecule has 0 spiro atoms. The molecule has 3 rings (SSSR count). The molecule has 0 aliphatic heterocycles. The quantitative estimate of drug-likeness (QED) is 0.426. The highest BCUT2D eigenvalue weighted by Crippen LogP contribution is 2.33. The van der Waals surface area contributed by atoms with E-state index in [2.05, 4.69) is 21.0 Å². The molecule has 8 nitrogen and oxygen atoms in total. The van der Waals surface area contributed by atoms with Crippen LogP contribution in [0.1, 0.15) is 26.3 Å². The Morgan fingerprint density at radius 2 is 1.67 bits per heavy atom. The van der Waals surface area contributed by atoms with Gasteiger partial charge in [0.2, 0.25) is 0 Å². The van der Waals surface area contributed by atoms with Gasteiger partial charge in [-0.25, -0.2) is 0 Å². The fourth-order valence-electron chi connectivity index (χ4n) is 2.45. The number of hydrogen-bond donors (Lipinski definition) is 2. The van der Waals surface area contributed by atoms with Gasteiger partial charge in [-0.2, -0.15) is 0 Å². The fraction of sp³-hybridized carbons (Fsp3) is 0.158. The van der Waals surface area contributed by atoms with E-state index in [9.17, 15) is 9.59 Å². The molecule has 0 radical (unpaired) electrons. The van der Waals surface area contributed by atoms with Crippen LogP contribution in [0.2, 0.25) is 10.0 Å². The van der Waals surface area contributed by atoms with Gasteiger partial charge in [-0.05, 0) is 29.8 Å². The average molecular weight is 466 g/mol. The van der Waals surface area contributed by atoms with Crippen molar-refractivity contribution in [2.24, 2.45) is 7.05 Å². The molecular weight excluding hydrogens is 449 g/mol. The zero-order chi connectivity index (χ0) is 21.7. The van der Waals surface area contributed by atoms with Gasteiger partial charge in [0.15, 0.2) is 10.9 Å². The minimum atomic E-state index is -0.563. The number of rotatable bonds is 6. The normalized spacial score (nSPS) is 10.5. The van der Waals surface area contributed by atoms with Gasteiger partial charge < -0.3 is 9.30 Å². The first-order valence-corrected chi connectivity index (χ1v) is 10.3. The van der Waals surface area contributed by atoms with Crippen molar-refractivity contribution < 1.29 is 14.3 Å². The largest absolute Gasteiger partial charge is 0.494 e. The second-order valence-electron chi connectivity index (χ2n) is 6.09. The molecule has 1 heterocycles.